The first-order chi connectivity index (χ1) is 14.6. The third kappa shape index (κ3) is 6.33. The van der Waals surface area contributed by atoms with E-state index in [2.05, 4.69) is 10.0 Å². The second-order valence-electron chi connectivity index (χ2n) is 6.30. The summed E-state index contributed by atoms with van der Waals surface area (Å²) < 4.78 is 31.6. The molecule has 0 heterocycles. The SMILES string of the molecule is CCN(CC)C(=O)COc1ccc(NC(=O)c2cc(S(=O)(=O)NC)ccc2Cl)cc1Cl. The van der Waals surface area contributed by atoms with Gasteiger partial charge in [0.1, 0.15) is 5.75 Å². The number of likely N-dealkylation sites (N-methyl/N-ethyl adjacent to an activating group) is 1. The van der Waals surface area contributed by atoms with Crippen molar-refractivity contribution >= 4 is 50.7 Å². The van der Waals surface area contributed by atoms with Crippen molar-refractivity contribution in [1.29, 1.82) is 0 Å². The summed E-state index contributed by atoms with van der Waals surface area (Å²) in [6.07, 6.45) is 0. The molecule has 31 heavy (non-hydrogen) atoms. The minimum Gasteiger partial charge on any atom is -0.482 e. The topological polar surface area (TPSA) is 105 Å². The molecule has 168 valence electrons. The molecule has 2 rings (SSSR count). The number of hydrogen-bond donors (Lipinski definition) is 2. The number of rotatable bonds is 9. The Morgan fingerprint density at radius 2 is 1.71 bits per heavy atom. The highest BCUT2D eigenvalue weighted by atomic mass is 35.5. The predicted octanol–water partition coefficient (Wildman–Crippen LogP) is 3.40. The van der Waals surface area contributed by atoms with Crippen molar-refractivity contribution < 1.29 is 22.7 Å². The van der Waals surface area contributed by atoms with E-state index >= 15 is 0 Å². The molecule has 2 N–H and O–H groups in total. The van der Waals surface area contributed by atoms with Crippen LogP contribution in [-0.4, -0.2) is 51.9 Å². The first-order valence-corrected chi connectivity index (χ1v) is 11.6. The molecule has 0 aliphatic carbocycles. The van der Waals surface area contributed by atoms with E-state index < -0.39 is 15.9 Å². The van der Waals surface area contributed by atoms with E-state index in [0.717, 1.165) is 0 Å². The monoisotopic (exact) mass is 487 g/mol. The van der Waals surface area contributed by atoms with Crippen LogP contribution in [0.4, 0.5) is 5.69 Å². The van der Waals surface area contributed by atoms with E-state index in [4.69, 9.17) is 27.9 Å². The number of halogens is 2. The molecular weight excluding hydrogens is 465 g/mol. The van der Waals surface area contributed by atoms with E-state index in [1.165, 1.54) is 37.4 Å². The minimum absolute atomic E-state index is 0.0146. The van der Waals surface area contributed by atoms with Crippen LogP contribution in [0, 0.1) is 0 Å². The first-order valence-electron chi connectivity index (χ1n) is 9.37. The van der Waals surface area contributed by atoms with Crippen LogP contribution in [0.2, 0.25) is 10.0 Å². The highest BCUT2D eigenvalue weighted by molar-refractivity contribution is 7.89. The highest BCUT2D eigenvalue weighted by Gasteiger charge is 2.18. The van der Waals surface area contributed by atoms with Gasteiger partial charge in [-0.1, -0.05) is 23.2 Å². The fourth-order valence-corrected chi connectivity index (χ4v) is 3.86. The zero-order valence-corrected chi connectivity index (χ0v) is 19.6. The number of amides is 2. The Balaban J connectivity index is 2.14. The molecular formula is C20H23Cl2N3O5S. The average molecular weight is 488 g/mol. The number of nitrogens with one attached hydrogen (secondary N) is 2. The van der Waals surface area contributed by atoms with Gasteiger partial charge in [0.05, 0.1) is 20.5 Å². The molecule has 0 bridgehead atoms. The van der Waals surface area contributed by atoms with Crippen LogP contribution >= 0.6 is 23.2 Å². The predicted molar refractivity (Wildman–Crippen MR) is 121 cm³/mol. The van der Waals surface area contributed by atoms with Crippen molar-refractivity contribution in [2.24, 2.45) is 0 Å². The first kappa shape index (κ1) is 24.9. The van der Waals surface area contributed by atoms with Gasteiger partial charge in [-0.05, 0) is 57.3 Å². The lowest BCUT2D eigenvalue weighted by Gasteiger charge is -2.19. The van der Waals surface area contributed by atoms with Gasteiger partial charge in [-0.15, -0.1) is 0 Å². The van der Waals surface area contributed by atoms with Gasteiger partial charge in [0.25, 0.3) is 11.8 Å². The number of benzene rings is 2. The average Bonchev–Trinajstić information content (AvgIpc) is 2.74. The molecule has 0 unspecified atom stereocenters. The van der Waals surface area contributed by atoms with E-state index in [1.807, 2.05) is 13.8 Å². The Kier molecular flexibility index (Phi) is 8.69. The fraction of sp³-hybridized carbons (Fsp3) is 0.300. The van der Waals surface area contributed by atoms with Crippen molar-refractivity contribution in [2.45, 2.75) is 18.7 Å². The lowest BCUT2D eigenvalue weighted by atomic mass is 10.2. The van der Waals surface area contributed by atoms with Crippen LogP contribution in [-0.2, 0) is 14.8 Å². The number of nitrogens with zero attached hydrogens (tertiary/aromatic N) is 1. The molecule has 2 aromatic rings. The summed E-state index contributed by atoms with van der Waals surface area (Å²) in [5.41, 5.74) is 0.328. The zero-order chi connectivity index (χ0) is 23.2. The summed E-state index contributed by atoms with van der Waals surface area (Å²) in [5.74, 6) is -0.482. The summed E-state index contributed by atoms with van der Waals surface area (Å²) in [5, 5.41) is 2.90. The maximum atomic E-state index is 12.6. The van der Waals surface area contributed by atoms with Crippen LogP contribution in [0.15, 0.2) is 41.3 Å². The maximum Gasteiger partial charge on any atom is 0.260 e. The van der Waals surface area contributed by atoms with E-state index in [-0.39, 0.29) is 33.0 Å². The van der Waals surface area contributed by atoms with Crippen molar-refractivity contribution in [3.63, 3.8) is 0 Å². The summed E-state index contributed by atoms with van der Waals surface area (Å²) in [6.45, 7) is 4.76. The van der Waals surface area contributed by atoms with Gasteiger partial charge in [-0.3, -0.25) is 9.59 Å². The van der Waals surface area contributed by atoms with Gasteiger partial charge < -0.3 is 15.0 Å². The number of sulfonamides is 1. The summed E-state index contributed by atoms with van der Waals surface area (Å²) >= 11 is 12.3. The molecule has 0 aliphatic rings. The molecule has 11 heteroatoms. The Hall–Kier alpha value is -2.33. The van der Waals surface area contributed by atoms with Gasteiger partial charge in [0.15, 0.2) is 6.61 Å². The van der Waals surface area contributed by atoms with Crippen molar-refractivity contribution in [3.8, 4) is 5.75 Å². The molecule has 0 atom stereocenters. The molecule has 0 radical (unpaired) electrons. The normalized spacial score (nSPS) is 11.1. The standard InChI is InChI=1S/C20H23Cl2N3O5S/c1-4-25(5-2)19(26)12-30-18-9-6-13(10-17(18)22)24-20(27)15-11-14(7-8-16(15)21)31(28,29)23-3/h6-11,23H,4-5,12H2,1-3H3,(H,24,27). The molecule has 8 nitrogen and oxygen atoms in total. The van der Waals surface area contributed by atoms with Gasteiger partial charge in [0, 0.05) is 18.8 Å². The van der Waals surface area contributed by atoms with Gasteiger partial charge in [0.2, 0.25) is 10.0 Å². The zero-order valence-electron chi connectivity index (χ0n) is 17.2. The van der Waals surface area contributed by atoms with Gasteiger partial charge >= 0.3 is 0 Å². The number of hydrogen-bond acceptors (Lipinski definition) is 5. The molecule has 2 amide bonds. The number of anilines is 1. The van der Waals surface area contributed by atoms with Crippen molar-refractivity contribution in [1.82, 2.24) is 9.62 Å². The summed E-state index contributed by atoms with van der Waals surface area (Å²) in [6, 6.07) is 8.34. The highest BCUT2D eigenvalue weighted by Crippen LogP contribution is 2.29. The van der Waals surface area contributed by atoms with Crippen molar-refractivity contribution in [2.75, 3.05) is 32.1 Å². The largest absolute Gasteiger partial charge is 0.482 e. The Morgan fingerprint density at radius 1 is 1.03 bits per heavy atom. The second-order valence-corrected chi connectivity index (χ2v) is 9.00. The Bertz CT molecular complexity index is 1070. The Labute approximate surface area is 191 Å². The maximum absolute atomic E-state index is 12.6. The Morgan fingerprint density at radius 3 is 2.29 bits per heavy atom. The third-order valence-electron chi connectivity index (χ3n) is 4.42. The van der Waals surface area contributed by atoms with Gasteiger partial charge in [-0.25, -0.2) is 13.1 Å². The van der Waals surface area contributed by atoms with Crippen molar-refractivity contribution in [3.05, 3.63) is 52.0 Å². The molecule has 2 aromatic carbocycles. The molecule has 0 saturated heterocycles. The number of ether oxygens (including phenoxy) is 1. The van der Waals surface area contributed by atoms with E-state index in [1.54, 1.807) is 11.0 Å². The second kappa shape index (κ2) is 10.8. The van der Waals surface area contributed by atoms with Crippen LogP contribution in [0.25, 0.3) is 0 Å². The quantitative estimate of drug-likeness (QED) is 0.563. The summed E-state index contributed by atoms with van der Waals surface area (Å²) in [4.78, 5) is 26.2. The molecule has 0 saturated carbocycles. The fourth-order valence-electron chi connectivity index (χ4n) is 2.66. The molecule has 0 spiro atoms. The lowest BCUT2D eigenvalue weighted by molar-refractivity contribution is -0.132. The number of carbonyl (C=O) groups excluding carboxylic acids is 2. The smallest absolute Gasteiger partial charge is 0.260 e. The third-order valence-corrected chi connectivity index (χ3v) is 6.46. The molecule has 0 aromatic heterocycles. The number of carbonyl (C=O) groups is 2. The van der Waals surface area contributed by atoms with Crippen LogP contribution in [0.5, 0.6) is 5.75 Å². The lowest BCUT2D eigenvalue weighted by Crippen LogP contribution is -2.34. The van der Waals surface area contributed by atoms with Gasteiger partial charge in [-0.2, -0.15) is 0 Å². The van der Waals surface area contributed by atoms with Crippen LogP contribution in [0.3, 0.4) is 0 Å². The van der Waals surface area contributed by atoms with Crippen LogP contribution in [0.1, 0.15) is 24.2 Å². The van der Waals surface area contributed by atoms with E-state index in [9.17, 15) is 18.0 Å². The minimum atomic E-state index is -3.74. The van der Waals surface area contributed by atoms with E-state index in [0.29, 0.717) is 24.5 Å². The molecule has 0 fully saturated rings. The molecule has 0 aliphatic heterocycles. The van der Waals surface area contributed by atoms with Crippen LogP contribution < -0.4 is 14.8 Å². The summed E-state index contributed by atoms with van der Waals surface area (Å²) in [7, 11) is -2.47.